The maximum Gasteiger partial charge on any atom is 0.378 e. The fraction of sp³-hybridized carbons (Fsp3) is 0.677. The lowest BCUT2D eigenvalue weighted by Crippen LogP contribution is -2.08. The fourth-order valence-corrected chi connectivity index (χ4v) is 4.23. The van der Waals surface area contributed by atoms with E-state index in [0.717, 1.165) is 31.2 Å². The molecule has 2 rings (SSSR count). The Morgan fingerprint density at radius 3 is 1.81 bits per heavy atom. The van der Waals surface area contributed by atoms with Crippen LogP contribution in [-0.2, 0) is 11.3 Å². The molecule has 0 aliphatic rings. The Labute approximate surface area is 224 Å². The molecular formula is C31H49NO5. The van der Waals surface area contributed by atoms with E-state index in [9.17, 15) is 4.79 Å². The third-order valence-corrected chi connectivity index (χ3v) is 6.52. The molecule has 0 radical (unpaired) electrons. The topological polar surface area (TPSA) is 70.8 Å². The van der Waals surface area contributed by atoms with Crippen LogP contribution >= 0.6 is 0 Å². The van der Waals surface area contributed by atoms with E-state index in [0.29, 0.717) is 24.7 Å². The first-order valence-electron chi connectivity index (χ1n) is 14.7. The Morgan fingerprint density at radius 1 is 0.730 bits per heavy atom. The molecule has 37 heavy (non-hydrogen) atoms. The van der Waals surface area contributed by atoms with Gasteiger partial charge in [0.05, 0.1) is 13.2 Å². The lowest BCUT2D eigenvalue weighted by Gasteiger charge is -2.10. The van der Waals surface area contributed by atoms with Crippen molar-refractivity contribution < 1.29 is 23.4 Å². The van der Waals surface area contributed by atoms with Gasteiger partial charge in [-0.2, -0.15) is 0 Å². The number of hydrogen-bond donors (Lipinski definition) is 0. The number of esters is 1. The molecule has 0 bridgehead atoms. The molecule has 2 aromatic rings. The van der Waals surface area contributed by atoms with Crippen LogP contribution in [0.2, 0.25) is 0 Å². The Balaban J connectivity index is 1.81. The summed E-state index contributed by atoms with van der Waals surface area (Å²) in [4.78, 5) is 16.8. The highest BCUT2D eigenvalue weighted by atomic mass is 16.6. The molecule has 0 amide bonds. The summed E-state index contributed by atoms with van der Waals surface area (Å²) >= 11 is 0. The van der Waals surface area contributed by atoms with E-state index in [-0.39, 0.29) is 12.4 Å². The molecule has 0 N–H and O–H groups in total. The lowest BCUT2D eigenvalue weighted by molar-refractivity contribution is 0.0429. The molecule has 0 atom stereocenters. The number of furan rings is 1. The average molecular weight is 516 g/mol. The second-order valence-corrected chi connectivity index (χ2v) is 9.84. The van der Waals surface area contributed by atoms with Gasteiger partial charge in [-0.1, -0.05) is 104 Å². The molecule has 0 unspecified atom stereocenters. The van der Waals surface area contributed by atoms with Gasteiger partial charge in [-0.15, -0.1) is 0 Å². The van der Waals surface area contributed by atoms with E-state index in [4.69, 9.17) is 18.6 Å². The molecule has 0 aliphatic heterocycles. The van der Waals surface area contributed by atoms with Crippen LogP contribution in [0.5, 0.6) is 11.5 Å². The summed E-state index contributed by atoms with van der Waals surface area (Å²) < 4.78 is 23.0. The Kier molecular flexibility index (Phi) is 17.1. The Bertz CT molecular complexity index is 820. The maximum absolute atomic E-state index is 12.8. The van der Waals surface area contributed by atoms with Crippen LogP contribution in [-0.4, -0.2) is 24.2 Å². The van der Waals surface area contributed by atoms with Crippen molar-refractivity contribution in [3.63, 3.8) is 0 Å². The molecule has 208 valence electrons. The molecule has 0 aromatic carbocycles. The van der Waals surface area contributed by atoms with Crippen molar-refractivity contribution in [2.75, 3.05) is 13.2 Å². The third-order valence-electron chi connectivity index (χ3n) is 6.52. The monoisotopic (exact) mass is 515 g/mol. The average Bonchev–Trinajstić information content (AvgIpc) is 3.33. The van der Waals surface area contributed by atoms with Crippen LogP contribution in [0.25, 0.3) is 0 Å². The highest BCUT2D eigenvalue weighted by Crippen LogP contribution is 2.35. The van der Waals surface area contributed by atoms with E-state index < -0.39 is 5.97 Å². The third kappa shape index (κ3) is 13.6. The first-order chi connectivity index (χ1) is 18.3. The summed E-state index contributed by atoms with van der Waals surface area (Å²) in [6, 6.07) is 3.63. The van der Waals surface area contributed by atoms with Crippen LogP contribution in [0.15, 0.2) is 35.2 Å². The van der Waals surface area contributed by atoms with Gasteiger partial charge in [-0.25, -0.2) is 4.79 Å². The number of carbonyl (C=O) groups excluding carboxylic acids is 1. The summed E-state index contributed by atoms with van der Waals surface area (Å²) in [6.07, 6.45) is 24.5. The number of nitrogens with zero attached hydrogens (tertiary/aromatic N) is 1. The molecule has 6 heteroatoms. The van der Waals surface area contributed by atoms with Crippen molar-refractivity contribution in [3.8, 4) is 11.5 Å². The molecular weight excluding hydrogens is 466 g/mol. The van der Waals surface area contributed by atoms with Crippen molar-refractivity contribution in [1.29, 1.82) is 0 Å². The van der Waals surface area contributed by atoms with E-state index in [1.165, 1.54) is 83.3 Å². The molecule has 2 aromatic heterocycles. The van der Waals surface area contributed by atoms with Gasteiger partial charge in [0, 0.05) is 12.4 Å². The maximum atomic E-state index is 12.8. The molecule has 0 fully saturated rings. The largest absolute Gasteiger partial charge is 0.487 e. The second kappa shape index (κ2) is 20.5. The van der Waals surface area contributed by atoms with Gasteiger partial charge in [-0.05, 0) is 30.5 Å². The number of hydrogen-bond acceptors (Lipinski definition) is 6. The van der Waals surface area contributed by atoms with Crippen LogP contribution in [0.4, 0.5) is 0 Å². The minimum atomic E-state index is -0.551. The number of ether oxygens (including phenoxy) is 3. The summed E-state index contributed by atoms with van der Waals surface area (Å²) in [5.74, 6) is 0.366. The first kappa shape index (κ1) is 30.7. The van der Waals surface area contributed by atoms with Crippen LogP contribution in [0, 0.1) is 0 Å². The molecule has 0 aliphatic carbocycles. The van der Waals surface area contributed by atoms with Gasteiger partial charge < -0.3 is 18.6 Å². The van der Waals surface area contributed by atoms with Crippen molar-refractivity contribution in [2.24, 2.45) is 0 Å². The number of pyridine rings is 1. The van der Waals surface area contributed by atoms with Crippen molar-refractivity contribution in [2.45, 2.75) is 123 Å². The molecule has 0 saturated carbocycles. The Morgan fingerprint density at radius 2 is 1.24 bits per heavy atom. The summed E-state index contributed by atoms with van der Waals surface area (Å²) in [5, 5.41) is 0. The molecule has 0 saturated heterocycles. The summed E-state index contributed by atoms with van der Waals surface area (Å²) in [5.41, 5.74) is 0.863. The van der Waals surface area contributed by atoms with Gasteiger partial charge in [0.25, 0.3) is 5.76 Å². The first-order valence-corrected chi connectivity index (χ1v) is 14.7. The SMILES string of the molecule is CCCCCCCCCCOc1coc(C(=O)OCc2ccncc2)c1OCCCCCCCCCC. The lowest BCUT2D eigenvalue weighted by atomic mass is 10.1. The number of unbranched alkanes of at least 4 members (excludes halogenated alkanes) is 14. The molecule has 0 spiro atoms. The van der Waals surface area contributed by atoms with Gasteiger partial charge in [0.15, 0.2) is 0 Å². The van der Waals surface area contributed by atoms with Crippen molar-refractivity contribution in [3.05, 3.63) is 42.1 Å². The highest BCUT2D eigenvalue weighted by Gasteiger charge is 2.24. The standard InChI is InChI=1S/C31H49NO5/c1-3-5-7-9-11-13-15-17-23-34-28-26-36-30(31(33)37-25-27-19-21-32-22-20-27)29(28)35-24-18-16-14-12-10-8-6-4-2/h19-22,26H,3-18,23-25H2,1-2H3. The van der Waals surface area contributed by atoms with Crippen molar-refractivity contribution in [1.82, 2.24) is 4.98 Å². The van der Waals surface area contributed by atoms with E-state index in [1.807, 2.05) is 12.1 Å². The van der Waals surface area contributed by atoms with Crippen molar-refractivity contribution >= 4 is 5.97 Å². The van der Waals surface area contributed by atoms with E-state index in [1.54, 1.807) is 12.4 Å². The Hall–Kier alpha value is -2.50. The van der Waals surface area contributed by atoms with Crippen LogP contribution < -0.4 is 9.47 Å². The van der Waals surface area contributed by atoms with Crippen LogP contribution in [0.1, 0.15) is 133 Å². The normalized spacial score (nSPS) is 11.0. The second-order valence-electron chi connectivity index (χ2n) is 9.84. The zero-order chi connectivity index (χ0) is 26.4. The zero-order valence-corrected chi connectivity index (χ0v) is 23.3. The summed E-state index contributed by atoms with van der Waals surface area (Å²) in [7, 11) is 0. The highest BCUT2D eigenvalue weighted by molar-refractivity contribution is 5.90. The predicted molar refractivity (Wildman–Crippen MR) is 148 cm³/mol. The van der Waals surface area contributed by atoms with Gasteiger partial charge in [-0.3, -0.25) is 4.98 Å². The van der Waals surface area contributed by atoms with Crippen LogP contribution in [0.3, 0.4) is 0 Å². The zero-order valence-electron chi connectivity index (χ0n) is 23.3. The number of aromatic nitrogens is 1. The van der Waals surface area contributed by atoms with E-state index in [2.05, 4.69) is 18.8 Å². The van der Waals surface area contributed by atoms with Gasteiger partial charge in [0.1, 0.15) is 12.9 Å². The number of rotatable bonds is 23. The smallest absolute Gasteiger partial charge is 0.378 e. The van der Waals surface area contributed by atoms with E-state index >= 15 is 0 Å². The minimum Gasteiger partial charge on any atom is -0.487 e. The van der Waals surface area contributed by atoms with Gasteiger partial charge >= 0.3 is 5.97 Å². The number of carbonyl (C=O) groups is 1. The molecule has 6 nitrogen and oxygen atoms in total. The predicted octanol–water partition coefficient (Wildman–Crippen LogP) is 9.07. The molecule has 2 heterocycles. The van der Waals surface area contributed by atoms with Gasteiger partial charge in [0.2, 0.25) is 11.5 Å². The fourth-order valence-electron chi connectivity index (χ4n) is 4.23. The summed E-state index contributed by atoms with van der Waals surface area (Å²) in [6.45, 7) is 5.73. The quantitative estimate of drug-likeness (QED) is 0.109. The minimum absolute atomic E-state index is 0.0690.